The van der Waals surface area contributed by atoms with Crippen molar-refractivity contribution in [3.05, 3.63) is 57.9 Å². The van der Waals surface area contributed by atoms with Crippen molar-refractivity contribution in [1.29, 1.82) is 0 Å². The highest BCUT2D eigenvalue weighted by molar-refractivity contribution is 6.31. The molecule has 19 heavy (non-hydrogen) atoms. The van der Waals surface area contributed by atoms with Crippen molar-refractivity contribution in [2.75, 3.05) is 7.11 Å². The Kier molecular flexibility index (Phi) is 4.08. The number of rotatable bonds is 3. The third kappa shape index (κ3) is 2.72. The van der Waals surface area contributed by atoms with E-state index in [0.717, 1.165) is 28.0 Å². The van der Waals surface area contributed by atoms with E-state index in [1.807, 2.05) is 26.0 Å². The lowest BCUT2D eigenvalue weighted by molar-refractivity contribution is 0.411. The molecule has 0 bridgehead atoms. The number of nitrogens with two attached hydrogens (primary N) is 1. The summed E-state index contributed by atoms with van der Waals surface area (Å²) >= 11 is 6.15. The van der Waals surface area contributed by atoms with Gasteiger partial charge in [-0.25, -0.2) is 0 Å². The number of nitrogens with zero attached hydrogens (tertiary/aromatic N) is 1. The lowest BCUT2D eigenvalue weighted by Crippen LogP contribution is -2.14. The van der Waals surface area contributed by atoms with E-state index >= 15 is 0 Å². The molecule has 1 atom stereocenters. The van der Waals surface area contributed by atoms with Crippen LogP contribution in [0.5, 0.6) is 5.75 Å². The molecule has 0 amide bonds. The SMILES string of the molecule is COc1cc(C)c(C(N)c2ccncc2Cl)cc1C. The largest absolute Gasteiger partial charge is 0.496 e. The molecule has 0 radical (unpaired) electrons. The number of methoxy groups -OCH3 is 1. The van der Waals surface area contributed by atoms with Crippen LogP contribution in [-0.4, -0.2) is 12.1 Å². The fraction of sp³-hybridized carbons (Fsp3) is 0.267. The van der Waals surface area contributed by atoms with E-state index in [2.05, 4.69) is 11.1 Å². The highest BCUT2D eigenvalue weighted by atomic mass is 35.5. The van der Waals surface area contributed by atoms with E-state index < -0.39 is 0 Å². The van der Waals surface area contributed by atoms with Gasteiger partial charge in [0.25, 0.3) is 0 Å². The summed E-state index contributed by atoms with van der Waals surface area (Å²) in [5.41, 5.74) is 10.4. The first-order chi connectivity index (χ1) is 9.04. The molecule has 0 fully saturated rings. The molecule has 2 aromatic rings. The van der Waals surface area contributed by atoms with Gasteiger partial charge in [0.15, 0.2) is 0 Å². The van der Waals surface area contributed by atoms with E-state index in [0.29, 0.717) is 5.02 Å². The van der Waals surface area contributed by atoms with Crippen molar-refractivity contribution in [3.63, 3.8) is 0 Å². The second-order valence-electron chi connectivity index (χ2n) is 4.55. The van der Waals surface area contributed by atoms with Crippen molar-refractivity contribution in [3.8, 4) is 5.75 Å². The summed E-state index contributed by atoms with van der Waals surface area (Å²) in [5.74, 6) is 0.870. The summed E-state index contributed by atoms with van der Waals surface area (Å²) in [4.78, 5) is 3.98. The van der Waals surface area contributed by atoms with Gasteiger partial charge in [0.1, 0.15) is 5.75 Å². The summed E-state index contributed by atoms with van der Waals surface area (Å²) < 4.78 is 5.31. The van der Waals surface area contributed by atoms with Crippen LogP contribution >= 0.6 is 11.6 Å². The Balaban J connectivity index is 2.48. The van der Waals surface area contributed by atoms with Crippen molar-refractivity contribution >= 4 is 11.6 Å². The summed E-state index contributed by atoms with van der Waals surface area (Å²) in [6.45, 7) is 4.02. The van der Waals surface area contributed by atoms with E-state index in [9.17, 15) is 0 Å². The van der Waals surface area contributed by atoms with Crippen LogP contribution in [0.1, 0.15) is 28.3 Å². The zero-order valence-electron chi connectivity index (χ0n) is 11.3. The number of pyridine rings is 1. The number of hydrogen-bond donors (Lipinski definition) is 1. The Morgan fingerprint density at radius 3 is 2.58 bits per heavy atom. The Morgan fingerprint density at radius 2 is 1.95 bits per heavy atom. The van der Waals surface area contributed by atoms with Crippen LogP contribution in [0.4, 0.5) is 0 Å². The van der Waals surface area contributed by atoms with Gasteiger partial charge in [0.2, 0.25) is 0 Å². The van der Waals surface area contributed by atoms with Gasteiger partial charge < -0.3 is 10.5 Å². The first kappa shape index (κ1) is 13.8. The molecule has 1 unspecified atom stereocenters. The van der Waals surface area contributed by atoms with Gasteiger partial charge in [-0.2, -0.15) is 0 Å². The second kappa shape index (κ2) is 5.59. The minimum atomic E-state index is -0.264. The first-order valence-corrected chi connectivity index (χ1v) is 6.42. The Hall–Kier alpha value is -1.58. The van der Waals surface area contributed by atoms with Crippen LogP contribution in [-0.2, 0) is 0 Å². The van der Waals surface area contributed by atoms with Crippen molar-refractivity contribution in [2.45, 2.75) is 19.9 Å². The fourth-order valence-electron chi connectivity index (χ4n) is 2.17. The lowest BCUT2D eigenvalue weighted by atomic mass is 9.94. The Bertz CT molecular complexity index is 599. The van der Waals surface area contributed by atoms with Crippen molar-refractivity contribution < 1.29 is 4.74 Å². The molecule has 0 saturated heterocycles. The molecular formula is C15H17ClN2O. The maximum Gasteiger partial charge on any atom is 0.122 e. The standard InChI is InChI=1S/C15H17ClN2O/c1-9-7-14(19-3)10(2)6-12(9)15(17)11-4-5-18-8-13(11)16/h4-8,15H,17H2,1-3H3. The van der Waals surface area contributed by atoms with E-state index in [-0.39, 0.29) is 6.04 Å². The topological polar surface area (TPSA) is 48.1 Å². The number of aromatic nitrogens is 1. The molecular weight excluding hydrogens is 260 g/mol. The van der Waals surface area contributed by atoms with Crippen LogP contribution in [0.15, 0.2) is 30.6 Å². The van der Waals surface area contributed by atoms with Crippen LogP contribution in [0.3, 0.4) is 0 Å². The zero-order chi connectivity index (χ0) is 14.0. The van der Waals surface area contributed by atoms with Crippen LogP contribution in [0.25, 0.3) is 0 Å². The molecule has 1 heterocycles. The zero-order valence-corrected chi connectivity index (χ0v) is 12.0. The van der Waals surface area contributed by atoms with Crippen LogP contribution in [0, 0.1) is 13.8 Å². The van der Waals surface area contributed by atoms with E-state index in [4.69, 9.17) is 22.1 Å². The maximum atomic E-state index is 6.33. The van der Waals surface area contributed by atoms with Crippen LogP contribution in [0.2, 0.25) is 5.02 Å². The summed E-state index contributed by atoms with van der Waals surface area (Å²) in [6.07, 6.45) is 3.31. The molecule has 0 aliphatic carbocycles. The molecule has 4 heteroatoms. The van der Waals surface area contributed by atoms with Crippen molar-refractivity contribution in [1.82, 2.24) is 4.98 Å². The van der Waals surface area contributed by atoms with Gasteiger partial charge in [0, 0.05) is 12.4 Å². The molecule has 3 nitrogen and oxygen atoms in total. The third-order valence-corrected chi connectivity index (χ3v) is 3.57. The van der Waals surface area contributed by atoms with Crippen molar-refractivity contribution in [2.24, 2.45) is 5.73 Å². The number of benzene rings is 1. The van der Waals surface area contributed by atoms with Gasteiger partial charge in [-0.1, -0.05) is 17.7 Å². The molecule has 0 aliphatic heterocycles. The Morgan fingerprint density at radius 1 is 1.21 bits per heavy atom. The molecule has 0 saturated carbocycles. The minimum Gasteiger partial charge on any atom is -0.496 e. The number of ether oxygens (including phenoxy) is 1. The van der Waals surface area contributed by atoms with E-state index in [1.165, 1.54) is 0 Å². The van der Waals surface area contributed by atoms with Gasteiger partial charge in [-0.05, 0) is 48.2 Å². The minimum absolute atomic E-state index is 0.264. The summed E-state index contributed by atoms with van der Waals surface area (Å²) in [5, 5.41) is 0.586. The predicted octanol–water partition coefficient (Wildman–Crippen LogP) is 3.41. The quantitative estimate of drug-likeness (QED) is 0.935. The number of aryl methyl sites for hydroxylation is 2. The normalized spacial score (nSPS) is 12.3. The van der Waals surface area contributed by atoms with Crippen LogP contribution < -0.4 is 10.5 Å². The third-order valence-electron chi connectivity index (χ3n) is 3.26. The molecule has 2 rings (SSSR count). The molecule has 100 valence electrons. The molecule has 1 aromatic carbocycles. The van der Waals surface area contributed by atoms with E-state index in [1.54, 1.807) is 19.5 Å². The highest BCUT2D eigenvalue weighted by Crippen LogP contribution is 2.31. The second-order valence-corrected chi connectivity index (χ2v) is 4.96. The predicted molar refractivity (Wildman–Crippen MR) is 77.7 cm³/mol. The fourth-order valence-corrected chi connectivity index (χ4v) is 2.41. The Labute approximate surface area is 118 Å². The average Bonchev–Trinajstić information content (AvgIpc) is 2.40. The van der Waals surface area contributed by atoms with Gasteiger partial charge >= 0.3 is 0 Å². The van der Waals surface area contributed by atoms with Gasteiger partial charge in [-0.15, -0.1) is 0 Å². The summed E-state index contributed by atoms with van der Waals surface area (Å²) in [6, 6.07) is 5.64. The lowest BCUT2D eigenvalue weighted by Gasteiger charge is -2.18. The first-order valence-electron chi connectivity index (χ1n) is 6.04. The maximum absolute atomic E-state index is 6.33. The highest BCUT2D eigenvalue weighted by Gasteiger charge is 2.16. The molecule has 2 N–H and O–H groups in total. The molecule has 1 aromatic heterocycles. The number of halogens is 1. The molecule has 0 spiro atoms. The summed E-state index contributed by atoms with van der Waals surface area (Å²) in [7, 11) is 1.67. The van der Waals surface area contributed by atoms with Gasteiger partial charge in [-0.3, -0.25) is 4.98 Å². The molecule has 0 aliphatic rings. The monoisotopic (exact) mass is 276 g/mol. The number of hydrogen-bond acceptors (Lipinski definition) is 3. The average molecular weight is 277 g/mol. The smallest absolute Gasteiger partial charge is 0.122 e. The van der Waals surface area contributed by atoms with Gasteiger partial charge in [0.05, 0.1) is 18.2 Å².